The third kappa shape index (κ3) is 4.14. The van der Waals surface area contributed by atoms with E-state index in [1.807, 2.05) is 42.5 Å². The molecule has 2 aliphatic rings. The van der Waals surface area contributed by atoms with Gasteiger partial charge in [-0.2, -0.15) is 4.31 Å². The number of fused-ring (bicyclic) bond motifs is 1. The summed E-state index contributed by atoms with van der Waals surface area (Å²) in [4.78, 5) is 33.8. The topological polar surface area (TPSA) is 99.1 Å². The minimum Gasteiger partial charge on any atom is -0.340 e. The molecule has 2 aromatic carbocycles. The van der Waals surface area contributed by atoms with Crippen LogP contribution in [0.4, 0.5) is 10.7 Å². The molecule has 3 aromatic rings. The molecule has 0 N–H and O–H groups in total. The lowest BCUT2D eigenvalue weighted by Gasteiger charge is -2.39. The van der Waals surface area contributed by atoms with Crippen molar-refractivity contribution in [2.45, 2.75) is 11.8 Å². The normalized spacial score (nSPS) is 20.2. The van der Waals surface area contributed by atoms with Crippen LogP contribution in [0.15, 0.2) is 54.6 Å². The average Bonchev–Trinajstić information content (AvgIpc) is 3.24. The maximum absolute atomic E-state index is 13.3. The summed E-state index contributed by atoms with van der Waals surface area (Å²) in [6.07, 6.45) is 0. The fourth-order valence-electron chi connectivity index (χ4n) is 4.74. The highest BCUT2D eigenvalue weighted by atomic mass is 32.2. The van der Waals surface area contributed by atoms with Crippen molar-refractivity contribution in [1.29, 1.82) is 0 Å². The van der Waals surface area contributed by atoms with Crippen LogP contribution in [0.2, 0.25) is 0 Å². The van der Waals surface area contributed by atoms with Crippen LogP contribution in [0.25, 0.3) is 11.0 Å². The van der Waals surface area contributed by atoms with Crippen molar-refractivity contribution >= 4 is 38.9 Å². The number of nitrogens with zero attached hydrogens (tertiary/aromatic N) is 6. The van der Waals surface area contributed by atoms with Gasteiger partial charge in [0, 0.05) is 46.8 Å². The second kappa shape index (κ2) is 8.97. The maximum atomic E-state index is 13.3. The molecular weight excluding hydrogens is 468 g/mol. The van der Waals surface area contributed by atoms with Crippen LogP contribution in [0.3, 0.4) is 0 Å². The summed E-state index contributed by atoms with van der Waals surface area (Å²) in [7, 11) is -1.10. The first-order chi connectivity index (χ1) is 16.8. The summed E-state index contributed by atoms with van der Waals surface area (Å²) in [6.45, 7) is 1.88. The largest absolute Gasteiger partial charge is 0.340 e. The standard InChI is InChI=1S/C24H28N6O4S/c1-26-17-21(22(31)27(2)24(26)32)35(33,34)29-14-12-28(13-15-29)23-25-19-10-6-7-11-20(19)30(23)16-18-8-4-3-5-9-18/h3-11,21H,12-17H2,1-2H3. The van der Waals surface area contributed by atoms with E-state index < -0.39 is 27.2 Å². The monoisotopic (exact) mass is 496 g/mol. The van der Waals surface area contributed by atoms with E-state index in [2.05, 4.69) is 21.6 Å². The van der Waals surface area contributed by atoms with Gasteiger partial charge in [-0.05, 0) is 17.7 Å². The predicted molar refractivity (Wildman–Crippen MR) is 133 cm³/mol. The molecule has 0 spiro atoms. The van der Waals surface area contributed by atoms with Crippen LogP contribution in [0.5, 0.6) is 0 Å². The summed E-state index contributed by atoms with van der Waals surface area (Å²) in [5.74, 6) is 0.117. The zero-order valence-corrected chi connectivity index (χ0v) is 20.6. The number of aromatic nitrogens is 2. The number of sulfonamides is 1. The first-order valence-electron chi connectivity index (χ1n) is 11.5. The highest BCUT2D eigenvalue weighted by Gasteiger charge is 2.46. The van der Waals surface area contributed by atoms with Gasteiger partial charge < -0.3 is 14.4 Å². The Kier molecular flexibility index (Phi) is 5.97. The van der Waals surface area contributed by atoms with E-state index in [1.165, 1.54) is 23.3 Å². The van der Waals surface area contributed by atoms with Gasteiger partial charge in [-0.25, -0.2) is 18.2 Å². The van der Waals surface area contributed by atoms with Gasteiger partial charge in [-0.1, -0.05) is 42.5 Å². The smallest absolute Gasteiger partial charge is 0.326 e. The third-order valence-electron chi connectivity index (χ3n) is 6.72. The number of hydrogen-bond donors (Lipinski definition) is 0. The van der Waals surface area contributed by atoms with E-state index in [-0.39, 0.29) is 19.6 Å². The molecule has 11 heteroatoms. The van der Waals surface area contributed by atoms with E-state index in [0.29, 0.717) is 19.6 Å². The number of para-hydroxylation sites is 2. The van der Waals surface area contributed by atoms with Crippen molar-refractivity contribution in [2.24, 2.45) is 0 Å². The van der Waals surface area contributed by atoms with Crippen molar-refractivity contribution < 1.29 is 18.0 Å². The van der Waals surface area contributed by atoms with Crippen LogP contribution >= 0.6 is 0 Å². The molecule has 3 heterocycles. The fourth-order valence-corrected chi connectivity index (χ4v) is 6.60. The van der Waals surface area contributed by atoms with Gasteiger partial charge in [-0.15, -0.1) is 0 Å². The first kappa shape index (κ1) is 23.3. The van der Waals surface area contributed by atoms with E-state index in [9.17, 15) is 18.0 Å². The Balaban J connectivity index is 1.37. The zero-order chi connectivity index (χ0) is 24.7. The Morgan fingerprint density at radius 1 is 0.914 bits per heavy atom. The number of carbonyl (C=O) groups excluding carboxylic acids is 2. The number of benzene rings is 2. The second-order valence-electron chi connectivity index (χ2n) is 8.95. The maximum Gasteiger partial charge on any atom is 0.326 e. The molecule has 184 valence electrons. The highest BCUT2D eigenvalue weighted by molar-refractivity contribution is 7.90. The molecule has 0 saturated carbocycles. The van der Waals surface area contributed by atoms with Gasteiger partial charge >= 0.3 is 6.03 Å². The number of imidazole rings is 1. The highest BCUT2D eigenvalue weighted by Crippen LogP contribution is 2.26. The number of anilines is 1. The van der Waals surface area contributed by atoms with Gasteiger partial charge in [0.15, 0.2) is 5.25 Å². The predicted octanol–water partition coefficient (Wildman–Crippen LogP) is 1.43. The molecule has 5 rings (SSSR count). The molecule has 2 saturated heterocycles. The van der Waals surface area contributed by atoms with Crippen molar-refractivity contribution in [2.75, 3.05) is 51.7 Å². The van der Waals surface area contributed by atoms with Crippen molar-refractivity contribution in [3.05, 3.63) is 60.2 Å². The van der Waals surface area contributed by atoms with Crippen LogP contribution in [-0.2, 0) is 21.4 Å². The number of piperazine rings is 1. The Labute approximate surface area is 204 Å². The lowest BCUT2D eigenvalue weighted by atomic mass is 10.2. The molecule has 0 bridgehead atoms. The quantitative estimate of drug-likeness (QED) is 0.530. The Bertz CT molecular complexity index is 1370. The molecule has 10 nitrogen and oxygen atoms in total. The molecule has 2 fully saturated rings. The summed E-state index contributed by atoms with van der Waals surface area (Å²) < 4.78 is 30.2. The molecule has 2 aliphatic heterocycles. The number of imide groups is 1. The molecule has 0 radical (unpaired) electrons. The minimum absolute atomic E-state index is 0.141. The fraction of sp³-hybridized carbons (Fsp3) is 0.375. The molecule has 1 aromatic heterocycles. The van der Waals surface area contributed by atoms with Gasteiger partial charge in [-0.3, -0.25) is 9.69 Å². The zero-order valence-electron chi connectivity index (χ0n) is 19.7. The van der Waals surface area contributed by atoms with Crippen molar-refractivity contribution in [3.8, 4) is 0 Å². The molecule has 1 atom stereocenters. The summed E-state index contributed by atoms with van der Waals surface area (Å²) in [5, 5.41) is -1.29. The lowest BCUT2D eigenvalue weighted by Crippen LogP contribution is -2.62. The van der Waals surface area contributed by atoms with E-state index in [4.69, 9.17) is 4.98 Å². The van der Waals surface area contributed by atoms with Crippen LogP contribution in [-0.4, -0.2) is 96.1 Å². The summed E-state index contributed by atoms with van der Waals surface area (Å²) >= 11 is 0. The number of rotatable bonds is 5. The van der Waals surface area contributed by atoms with Gasteiger partial charge in [0.1, 0.15) is 0 Å². The Morgan fingerprint density at radius 3 is 2.29 bits per heavy atom. The minimum atomic E-state index is -3.92. The SMILES string of the molecule is CN1CC(S(=O)(=O)N2CCN(c3nc4ccccc4n3Cc3ccccc3)CC2)C(=O)N(C)C1=O. The summed E-state index contributed by atoms with van der Waals surface area (Å²) in [6, 6.07) is 17.6. The van der Waals surface area contributed by atoms with E-state index >= 15 is 0 Å². The van der Waals surface area contributed by atoms with Crippen LogP contribution in [0, 0.1) is 0 Å². The van der Waals surface area contributed by atoms with Gasteiger partial charge in [0.2, 0.25) is 16.0 Å². The number of carbonyl (C=O) groups is 2. The number of hydrogen-bond acceptors (Lipinski definition) is 6. The Hall–Kier alpha value is -3.44. The van der Waals surface area contributed by atoms with E-state index in [1.54, 1.807) is 0 Å². The molecule has 1 unspecified atom stereocenters. The lowest BCUT2D eigenvalue weighted by molar-refractivity contribution is -0.129. The average molecular weight is 497 g/mol. The molecular formula is C24H28N6O4S. The second-order valence-corrected chi connectivity index (χ2v) is 11.1. The van der Waals surface area contributed by atoms with Gasteiger partial charge in [0.05, 0.1) is 17.6 Å². The van der Waals surface area contributed by atoms with Crippen LogP contribution in [0.1, 0.15) is 5.56 Å². The van der Waals surface area contributed by atoms with Crippen molar-refractivity contribution in [1.82, 2.24) is 23.7 Å². The van der Waals surface area contributed by atoms with Crippen LogP contribution < -0.4 is 4.90 Å². The third-order valence-corrected chi connectivity index (χ3v) is 8.87. The first-order valence-corrected chi connectivity index (χ1v) is 13.0. The van der Waals surface area contributed by atoms with Crippen molar-refractivity contribution in [3.63, 3.8) is 0 Å². The molecule has 0 aliphatic carbocycles. The Morgan fingerprint density at radius 2 is 1.57 bits per heavy atom. The molecule has 35 heavy (non-hydrogen) atoms. The number of urea groups is 1. The number of amides is 3. The molecule has 3 amide bonds. The summed E-state index contributed by atoms with van der Waals surface area (Å²) in [5.41, 5.74) is 3.05. The van der Waals surface area contributed by atoms with E-state index in [0.717, 1.165) is 27.4 Å². The van der Waals surface area contributed by atoms with Gasteiger partial charge in [0.25, 0.3) is 5.91 Å².